The van der Waals surface area contributed by atoms with Gasteiger partial charge in [-0.15, -0.1) is 11.3 Å². The van der Waals surface area contributed by atoms with Gasteiger partial charge < -0.3 is 4.74 Å². The topological polar surface area (TPSA) is 47.9 Å². The van der Waals surface area contributed by atoms with E-state index in [0.29, 0.717) is 17.5 Å². The molecule has 0 unspecified atom stereocenters. The predicted molar refractivity (Wildman–Crippen MR) is 232 cm³/mol. The van der Waals surface area contributed by atoms with E-state index in [9.17, 15) is 0 Å². The molecule has 0 fully saturated rings. The summed E-state index contributed by atoms with van der Waals surface area (Å²) in [5.41, 5.74) is 11.9. The Morgan fingerprint density at radius 3 is 1.56 bits per heavy atom. The number of thiophene rings is 1. The molecule has 57 heavy (non-hydrogen) atoms. The Kier molecular flexibility index (Phi) is 6.98. The van der Waals surface area contributed by atoms with Crippen molar-refractivity contribution >= 4 is 31.5 Å². The second-order valence-electron chi connectivity index (χ2n) is 14.7. The van der Waals surface area contributed by atoms with Gasteiger partial charge in [0.15, 0.2) is 17.5 Å². The number of aromatic nitrogens is 3. The lowest BCUT2D eigenvalue weighted by Crippen LogP contribution is -2.32. The number of rotatable bonds is 4. The van der Waals surface area contributed by atoms with Gasteiger partial charge in [0.2, 0.25) is 0 Å². The molecule has 3 heterocycles. The van der Waals surface area contributed by atoms with Crippen LogP contribution in [0.2, 0.25) is 0 Å². The third-order valence-electron chi connectivity index (χ3n) is 11.6. The zero-order chi connectivity index (χ0) is 37.5. The second kappa shape index (κ2) is 12.4. The van der Waals surface area contributed by atoms with Crippen molar-refractivity contribution in [1.82, 2.24) is 15.0 Å². The molecule has 0 saturated carbocycles. The van der Waals surface area contributed by atoms with Crippen LogP contribution in [0.1, 0.15) is 22.3 Å². The van der Waals surface area contributed by atoms with Gasteiger partial charge in [0.1, 0.15) is 11.5 Å². The van der Waals surface area contributed by atoms with Crippen LogP contribution in [0, 0.1) is 0 Å². The van der Waals surface area contributed by atoms with Crippen LogP contribution in [0.3, 0.4) is 0 Å². The van der Waals surface area contributed by atoms with Gasteiger partial charge in [-0.1, -0.05) is 170 Å². The summed E-state index contributed by atoms with van der Waals surface area (Å²) >= 11 is 1.78. The van der Waals surface area contributed by atoms with Gasteiger partial charge in [-0.3, -0.25) is 0 Å². The van der Waals surface area contributed by atoms with Crippen LogP contribution < -0.4 is 4.74 Å². The maximum atomic E-state index is 7.15. The summed E-state index contributed by atoms with van der Waals surface area (Å²) in [5.74, 6) is 3.63. The highest BCUT2D eigenvalue weighted by atomic mass is 32.1. The quantitative estimate of drug-likeness (QED) is 0.180. The molecule has 0 radical (unpaired) electrons. The van der Waals surface area contributed by atoms with Crippen molar-refractivity contribution in [1.29, 1.82) is 0 Å². The van der Waals surface area contributed by atoms with E-state index in [-0.39, 0.29) is 0 Å². The van der Waals surface area contributed by atoms with Crippen molar-refractivity contribution < 1.29 is 4.74 Å². The average molecular weight is 746 g/mol. The van der Waals surface area contributed by atoms with Crippen molar-refractivity contribution in [2.45, 2.75) is 5.41 Å². The van der Waals surface area contributed by atoms with Crippen LogP contribution >= 0.6 is 11.3 Å². The van der Waals surface area contributed by atoms with Crippen molar-refractivity contribution in [2.75, 3.05) is 0 Å². The molecule has 12 rings (SSSR count). The lowest BCUT2D eigenvalue weighted by molar-refractivity contribution is 0.442. The molecule has 5 heteroatoms. The minimum atomic E-state index is -0.554. The van der Waals surface area contributed by atoms with Crippen LogP contribution in [-0.4, -0.2) is 15.0 Å². The number of hydrogen-bond donors (Lipinski definition) is 0. The van der Waals surface area contributed by atoms with Crippen molar-refractivity contribution in [3.05, 3.63) is 210 Å². The third-order valence-corrected chi connectivity index (χ3v) is 12.8. The Morgan fingerprint density at radius 1 is 0.351 bits per heavy atom. The van der Waals surface area contributed by atoms with E-state index in [1.54, 1.807) is 11.3 Å². The molecule has 0 saturated heterocycles. The molecule has 4 nitrogen and oxygen atoms in total. The van der Waals surface area contributed by atoms with E-state index in [2.05, 4.69) is 164 Å². The Labute approximate surface area is 333 Å². The molecule has 0 N–H and O–H groups in total. The highest BCUT2D eigenvalue weighted by molar-refractivity contribution is 7.26. The fraction of sp³-hybridized carbons (Fsp3) is 0.0192. The van der Waals surface area contributed by atoms with Gasteiger partial charge in [0.25, 0.3) is 0 Å². The zero-order valence-corrected chi connectivity index (χ0v) is 31.4. The monoisotopic (exact) mass is 745 g/mol. The maximum absolute atomic E-state index is 7.15. The number of benzene rings is 8. The summed E-state index contributed by atoms with van der Waals surface area (Å²) in [5, 5.41) is 2.16. The number of fused-ring (bicyclic) bond motifs is 13. The van der Waals surface area contributed by atoms with E-state index >= 15 is 0 Å². The minimum Gasteiger partial charge on any atom is -0.456 e. The molecule has 0 atom stereocenters. The summed E-state index contributed by atoms with van der Waals surface area (Å²) in [6, 6.07) is 66.4. The Hall–Kier alpha value is -7.21. The molecule has 2 aliphatic rings. The van der Waals surface area contributed by atoms with Gasteiger partial charge in [-0.25, -0.2) is 15.0 Å². The zero-order valence-electron chi connectivity index (χ0n) is 30.6. The van der Waals surface area contributed by atoms with Crippen LogP contribution in [0.5, 0.6) is 11.5 Å². The summed E-state index contributed by atoms with van der Waals surface area (Å²) in [4.78, 5) is 15.6. The molecular formula is C52H31N3OS. The van der Waals surface area contributed by atoms with Gasteiger partial charge in [0, 0.05) is 48.0 Å². The predicted octanol–water partition coefficient (Wildman–Crippen LogP) is 13.4. The average Bonchev–Trinajstić information content (AvgIpc) is 3.82. The van der Waals surface area contributed by atoms with Gasteiger partial charge in [-0.2, -0.15) is 0 Å². The van der Waals surface area contributed by atoms with E-state index in [0.717, 1.165) is 65.1 Å². The first-order chi connectivity index (χ1) is 28.3. The second-order valence-corrected chi connectivity index (χ2v) is 15.7. The van der Waals surface area contributed by atoms with E-state index in [1.165, 1.54) is 27.8 Å². The molecule has 1 aliphatic heterocycles. The first-order valence-corrected chi connectivity index (χ1v) is 20.0. The summed E-state index contributed by atoms with van der Waals surface area (Å²) in [7, 11) is 0. The molecule has 1 aliphatic carbocycles. The summed E-state index contributed by atoms with van der Waals surface area (Å²) in [6.07, 6.45) is 0. The number of nitrogens with zero attached hydrogens (tertiary/aromatic N) is 3. The van der Waals surface area contributed by atoms with Crippen LogP contribution in [-0.2, 0) is 5.41 Å². The number of ether oxygens (including phenoxy) is 1. The number of para-hydroxylation sites is 1. The molecule has 1 spiro atoms. The Bertz CT molecular complexity index is 3160. The Balaban J connectivity index is 1.12. The molecule has 0 amide bonds. The lowest BCUT2D eigenvalue weighted by atomic mass is 9.66. The van der Waals surface area contributed by atoms with E-state index in [4.69, 9.17) is 19.7 Å². The van der Waals surface area contributed by atoms with E-state index < -0.39 is 5.41 Å². The third kappa shape index (κ3) is 4.70. The van der Waals surface area contributed by atoms with Crippen LogP contribution in [0.15, 0.2) is 188 Å². The largest absolute Gasteiger partial charge is 0.456 e. The first-order valence-electron chi connectivity index (χ1n) is 19.2. The summed E-state index contributed by atoms with van der Waals surface area (Å²) in [6.45, 7) is 0. The fourth-order valence-electron chi connectivity index (χ4n) is 9.19. The fourth-order valence-corrected chi connectivity index (χ4v) is 10.3. The van der Waals surface area contributed by atoms with Crippen molar-refractivity contribution in [3.8, 4) is 67.9 Å². The Morgan fingerprint density at radius 2 is 0.860 bits per heavy atom. The van der Waals surface area contributed by atoms with Crippen LogP contribution in [0.4, 0.5) is 0 Å². The van der Waals surface area contributed by atoms with Crippen molar-refractivity contribution in [2.24, 2.45) is 0 Å². The molecule has 0 bridgehead atoms. The highest BCUT2D eigenvalue weighted by Gasteiger charge is 2.51. The number of hydrogen-bond acceptors (Lipinski definition) is 5. The first kappa shape index (κ1) is 32.1. The molecule has 10 aromatic rings. The SMILES string of the molecule is c1ccc(-c2ccc(-c3nc(-c4ccccc4)nc(-c4cccc5sc6ccc7c(c6c45)Oc4ccccc4C74c5ccccc5-c5ccccc54)n3)cc2)cc1. The highest BCUT2D eigenvalue weighted by Crippen LogP contribution is 2.63. The van der Waals surface area contributed by atoms with Crippen molar-refractivity contribution in [3.63, 3.8) is 0 Å². The smallest absolute Gasteiger partial charge is 0.164 e. The standard InChI is InChI=1S/C52H31N3OS/c1-3-14-32(15-4-1)33-26-28-35(29-27-33)50-53-49(34-16-5-2-6-17-34)54-51(55-50)38-20-13-25-44-46(38)47-45(57-44)31-30-42-48(47)56-43-24-12-11-23-41(43)52(42)39-21-9-7-18-36(39)37-19-8-10-22-40(37)52/h1-31H. The normalized spacial score (nSPS) is 13.2. The minimum absolute atomic E-state index is 0.554. The molecule has 2 aromatic heterocycles. The molecule has 266 valence electrons. The molecule has 8 aromatic carbocycles. The lowest BCUT2D eigenvalue weighted by Gasteiger charge is -2.39. The van der Waals surface area contributed by atoms with Crippen LogP contribution in [0.25, 0.3) is 76.6 Å². The van der Waals surface area contributed by atoms with Gasteiger partial charge in [0.05, 0.1) is 5.41 Å². The van der Waals surface area contributed by atoms with E-state index in [1.807, 2.05) is 24.3 Å². The molecular weight excluding hydrogens is 715 g/mol. The van der Waals surface area contributed by atoms with Gasteiger partial charge >= 0.3 is 0 Å². The summed E-state index contributed by atoms with van der Waals surface area (Å²) < 4.78 is 9.45. The van der Waals surface area contributed by atoms with Gasteiger partial charge in [-0.05, 0) is 51.6 Å². The maximum Gasteiger partial charge on any atom is 0.164 e.